The Morgan fingerprint density at radius 1 is 1.34 bits per heavy atom. The van der Waals surface area contributed by atoms with Crippen molar-refractivity contribution in [3.8, 4) is 6.07 Å². The van der Waals surface area contributed by atoms with E-state index in [4.69, 9.17) is 19.4 Å². The lowest BCUT2D eigenvalue weighted by Crippen LogP contribution is -2.44. The maximum absolute atomic E-state index is 12.8. The normalized spacial score (nSPS) is 16.4. The van der Waals surface area contributed by atoms with Crippen LogP contribution < -0.4 is 0 Å². The van der Waals surface area contributed by atoms with Crippen LogP contribution in [-0.2, 0) is 14.3 Å². The van der Waals surface area contributed by atoms with Gasteiger partial charge < -0.3 is 14.6 Å². The van der Waals surface area contributed by atoms with Crippen molar-refractivity contribution in [2.75, 3.05) is 13.7 Å². The number of aliphatic imine (C=N–C) groups is 1. The molecule has 1 aliphatic heterocycles. The highest BCUT2D eigenvalue weighted by atomic mass is 16.6. The Morgan fingerprint density at radius 2 is 2.10 bits per heavy atom. The first-order valence-corrected chi connectivity index (χ1v) is 8.66. The molecule has 1 aromatic heterocycles. The van der Waals surface area contributed by atoms with Crippen molar-refractivity contribution in [1.29, 1.82) is 5.26 Å². The highest BCUT2D eigenvalue weighted by Crippen LogP contribution is 2.37. The van der Waals surface area contributed by atoms with Crippen LogP contribution in [-0.4, -0.2) is 52.1 Å². The van der Waals surface area contributed by atoms with E-state index in [-0.39, 0.29) is 24.6 Å². The van der Waals surface area contributed by atoms with Gasteiger partial charge in [0.05, 0.1) is 30.9 Å². The standard InChI is InChI=1S/C18H17N5O6/c1-3-11-14(16(24)28-8-4-7-19)15(23(18(25)26)17(20-11)27-2)10-5-6-12-13(9-10)22-29-21-12/h5-6,9,15H,3-4,8H2,1-2H3,(H,25,26). The lowest BCUT2D eigenvalue weighted by molar-refractivity contribution is -0.139. The summed E-state index contributed by atoms with van der Waals surface area (Å²) in [5.41, 5.74) is 1.67. The van der Waals surface area contributed by atoms with Crippen molar-refractivity contribution in [3.63, 3.8) is 0 Å². The van der Waals surface area contributed by atoms with Crippen LogP contribution in [0.4, 0.5) is 4.79 Å². The first kappa shape index (κ1) is 19.8. The molecule has 2 aromatic rings. The predicted molar refractivity (Wildman–Crippen MR) is 97.4 cm³/mol. The molecule has 0 fully saturated rings. The van der Waals surface area contributed by atoms with E-state index >= 15 is 0 Å². The van der Waals surface area contributed by atoms with E-state index in [2.05, 4.69) is 15.3 Å². The first-order chi connectivity index (χ1) is 14.0. The summed E-state index contributed by atoms with van der Waals surface area (Å²) in [4.78, 5) is 29.9. The third-order valence-corrected chi connectivity index (χ3v) is 4.26. The summed E-state index contributed by atoms with van der Waals surface area (Å²) < 4.78 is 15.0. The number of carbonyl (C=O) groups is 2. The van der Waals surface area contributed by atoms with E-state index in [1.54, 1.807) is 25.1 Å². The van der Waals surface area contributed by atoms with Crippen LogP contribution >= 0.6 is 0 Å². The molecular weight excluding hydrogens is 382 g/mol. The van der Waals surface area contributed by atoms with Crippen LogP contribution in [0.1, 0.15) is 31.4 Å². The Hall–Kier alpha value is -3.94. The molecule has 0 saturated heterocycles. The molecule has 0 spiro atoms. The molecule has 1 aliphatic rings. The number of hydrogen-bond donors (Lipinski definition) is 1. The number of esters is 1. The molecule has 0 aliphatic carbocycles. The van der Waals surface area contributed by atoms with Crippen LogP contribution in [0.5, 0.6) is 0 Å². The van der Waals surface area contributed by atoms with E-state index in [0.717, 1.165) is 4.90 Å². The number of nitrogens with zero attached hydrogens (tertiary/aromatic N) is 5. The number of fused-ring (bicyclic) bond motifs is 1. The van der Waals surface area contributed by atoms with Crippen molar-refractivity contribution in [2.45, 2.75) is 25.8 Å². The number of carbonyl (C=O) groups excluding carboxylic acids is 1. The zero-order chi connectivity index (χ0) is 21.0. The number of hydrogen-bond acceptors (Lipinski definition) is 9. The number of aromatic nitrogens is 2. The van der Waals surface area contributed by atoms with Crippen molar-refractivity contribution < 1.29 is 28.8 Å². The molecule has 1 atom stereocenters. The zero-order valence-corrected chi connectivity index (χ0v) is 15.7. The Morgan fingerprint density at radius 3 is 2.76 bits per heavy atom. The van der Waals surface area contributed by atoms with Gasteiger partial charge in [-0.15, -0.1) is 0 Å². The van der Waals surface area contributed by atoms with Crippen LogP contribution in [0, 0.1) is 11.3 Å². The molecule has 0 radical (unpaired) electrons. The Balaban J connectivity index is 2.17. The van der Waals surface area contributed by atoms with Crippen molar-refractivity contribution in [2.24, 2.45) is 4.99 Å². The zero-order valence-electron chi connectivity index (χ0n) is 15.7. The molecule has 2 heterocycles. The first-order valence-electron chi connectivity index (χ1n) is 8.66. The molecule has 3 rings (SSSR count). The fourth-order valence-electron chi connectivity index (χ4n) is 3.01. The molecular formula is C18H17N5O6. The average Bonchev–Trinajstić information content (AvgIpc) is 3.19. The van der Waals surface area contributed by atoms with Gasteiger partial charge in [-0.2, -0.15) is 5.26 Å². The van der Waals surface area contributed by atoms with E-state index in [1.165, 1.54) is 7.11 Å². The van der Waals surface area contributed by atoms with Gasteiger partial charge in [0.1, 0.15) is 23.7 Å². The minimum Gasteiger partial charge on any atom is -0.468 e. The fraction of sp³-hybridized carbons (Fsp3) is 0.333. The second-order valence-electron chi connectivity index (χ2n) is 5.92. The third-order valence-electron chi connectivity index (χ3n) is 4.26. The summed E-state index contributed by atoms with van der Waals surface area (Å²) in [6.07, 6.45) is -1.03. The van der Waals surface area contributed by atoms with E-state index in [9.17, 15) is 14.7 Å². The van der Waals surface area contributed by atoms with Gasteiger partial charge in [-0.1, -0.05) is 13.0 Å². The minimum absolute atomic E-state index is 0.0109. The highest BCUT2D eigenvalue weighted by Gasteiger charge is 2.41. The third kappa shape index (κ3) is 3.73. The van der Waals surface area contributed by atoms with Crippen molar-refractivity contribution in [1.82, 2.24) is 15.2 Å². The predicted octanol–water partition coefficient (Wildman–Crippen LogP) is 2.38. The number of methoxy groups -OCH3 is 1. The van der Waals surface area contributed by atoms with Crippen molar-refractivity contribution >= 4 is 29.1 Å². The maximum atomic E-state index is 12.8. The lowest BCUT2D eigenvalue weighted by Gasteiger charge is -2.34. The summed E-state index contributed by atoms with van der Waals surface area (Å²) >= 11 is 0. The largest absolute Gasteiger partial charge is 0.468 e. The van der Waals surface area contributed by atoms with E-state index in [1.807, 2.05) is 6.07 Å². The second-order valence-corrected chi connectivity index (χ2v) is 5.92. The molecule has 1 amide bonds. The summed E-state index contributed by atoms with van der Waals surface area (Å²) in [7, 11) is 1.29. The summed E-state index contributed by atoms with van der Waals surface area (Å²) in [5, 5.41) is 26.0. The van der Waals surface area contributed by atoms with Gasteiger partial charge in [0.25, 0.3) is 0 Å². The average molecular weight is 399 g/mol. The van der Waals surface area contributed by atoms with Gasteiger partial charge in [-0.25, -0.2) is 24.1 Å². The molecule has 1 N–H and O–H groups in total. The minimum atomic E-state index is -1.37. The second kappa shape index (κ2) is 8.39. The van der Waals surface area contributed by atoms with Gasteiger partial charge in [0.2, 0.25) is 0 Å². The van der Waals surface area contributed by atoms with Crippen molar-refractivity contribution in [3.05, 3.63) is 35.0 Å². The Bertz CT molecular complexity index is 1050. The number of amidine groups is 1. The maximum Gasteiger partial charge on any atom is 0.416 e. The van der Waals surface area contributed by atoms with Crippen LogP contribution in [0.15, 0.2) is 39.1 Å². The van der Waals surface area contributed by atoms with Crippen LogP contribution in [0.2, 0.25) is 0 Å². The summed E-state index contributed by atoms with van der Waals surface area (Å²) in [6, 6.07) is 5.40. The number of carboxylic acid groups (broad SMARTS) is 1. The van der Waals surface area contributed by atoms with Gasteiger partial charge in [-0.05, 0) is 34.4 Å². The summed E-state index contributed by atoms with van der Waals surface area (Å²) in [6.45, 7) is 1.65. The quantitative estimate of drug-likeness (QED) is 0.590. The van der Waals surface area contributed by atoms with Crippen LogP contribution in [0.25, 0.3) is 11.0 Å². The molecule has 11 heteroatoms. The molecule has 0 bridgehead atoms. The van der Waals surface area contributed by atoms with Gasteiger partial charge in [0, 0.05) is 0 Å². The fourth-order valence-corrected chi connectivity index (χ4v) is 3.01. The SMILES string of the molecule is CCC1=C(C(=O)OCCC#N)C(c2ccc3nonc3c2)N(C(=O)O)C(OC)=N1. The molecule has 1 unspecified atom stereocenters. The number of rotatable bonds is 5. The smallest absolute Gasteiger partial charge is 0.416 e. The van der Waals surface area contributed by atoms with Gasteiger partial charge in [0.15, 0.2) is 0 Å². The summed E-state index contributed by atoms with van der Waals surface area (Å²) in [5.74, 6) is -0.759. The number of allylic oxidation sites excluding steroid dienone is 1. The number of amides is 1. The monoisotopic (exact) mass is 399 g/mol. The van der Waals surface area contributed by atoms with Crippen LogP contribution in [0.3, 0.4) is 0 Å². The van der Waals surface area contributed by atoms with Gasteiger partial charge in [-0.3, -0.25) is 0 Å². The Labute approximate surface area is 164 Å². The molecule has 29 heavy (non-hydrogen) atoms. The topological polar surface area (TPSA) is 151 Å². The van der Waals surface area contributed by atoms with E-state index < -0.39 is 18.1 Å². The number of benzene rings is 1. The molecule has 11 nitrogen and oxygen atoms in total. The number of nitriles is 1. The Kier molecular flexibility index (Phi) is 5.73. The lowest BCUT2D eigenvalue weighted by atomic mass is 9.93. The number of ether oxygens (including phenoxy) is 2. The molecule has 1 aromatic carbocycles. The molecule has 150 valence electrons. The molecule has 0 saturated carbocycles. The van der Waals surface area contributed by atoms with Gasteiger partial charge >= 0.3 is 18.1 Å². The van der Waals surface area contributed by atoms with E-state index in [0.29, 0.717) is 28.7 Å². The highest BCUT2D eigenvalue weighted by molar-refractivity contribution is 5.99.